The maximum atomic E-state index is 0. The van der Waals surface area contributed by atoms with Crippen molar-refractivity contribution in [2.24, 2.45) is 0 Å². The minimum atomic E-state index is 0. The number of hydrogen-bond donors (Lipinski definition) is 0. The van der Waals surface area contributed by atoms with Crippen LogP contribution in [0, 0.1) is 0 Å². The van der Waals surface area contributed by atoms with Crippen molar-refractivity contribution in [2.45, 2.75) is 0 Å². The van der Waals surface area contributed by atoms with Crippen molar-refractivity contribution in [2.75, 3.05) is 0 Å². The van der Waals surface area contributed by atoms with Crippen LogP contribution in [0.3, 0.4) is 0 Å². The molecule has 0 bridgehead atoms. The van der Waals surface area contributed by atoms with Gasteiger partial charge in [0.05, 0.1) is 0 Å². The van der Waals surface area contributed by atoms with Gasteiger partial charge < -0.3 is 21.9 Å². The predicted octanol–water partition coefficient (Wildman–Crippen LogP) is -1.89. The Morgan fingerprint density at radius 1 is 0.500 bits per heavy atom. The van der Waals surface area contributed by atoms with Crippen LogP contribution in [0.25, 0.3) is 0 Å². The molecule has 0 aromatic heterocycles. The molecule has 6 heavy (non-hydrogen) atoms. The van der Waals surface area contributed by atoms with Crippen molar-refractivity contribution < 1.29 is 56.0 Å². The molecule has 0 heterocycles. The summed E-state index contributed by atoms with van der Waals surface area (Å²) in [6, 6.07) is 0. The molecule has 0 atom stereocenters. The zero-order valence-corrected chi connectivity index (χ0v) is 4.73. The number of rotatable bonds is 0. The second-order valence-corrected chi connectivity index (χ2v) is 0. The van der Waals surface area contributed by atoms with Crippen LogP contribution in [0.4, 0.5) is 0 Å². The van der Waals surface area contributed by atoms with E-state index in [0.29, 0.717) is 0 Å². The summed E-state index contributed by atoms with van der Waals surface area (Å²) in [5, 5.41) is 0. The Balaban J connectivity index is 0. The first-order valence-corrected chi connectivity index (χ1v) is 0. The molecule has 4 N–H and O–H groups in total. The van der Waals surface area contributed by atoms with Gasteiger partial charge in [0.15, 0.2) is 0 Å². The van der Waals surface area contributed by atoms with Crippen molar-refractivity contribution in [3.05, 3.63) is 0 Å². The molecule has 0 spiro atoms. The molecule has 0 saturated carbocycles. The second-order valence-electron chi connectivity index (χ2n) is 0. The molecule has 0 aromatic rings. The Labute approximate surface area is 56.5 Å². The van der Waals surface area contributed by atoms with Crippen LogP contribution < -0.4 is 0 Å². The summed E-state index contributed by atoms with van der Waals surface area (Å²) in [7, 11) is 0. The molecule has 0 aromatic carbocycles. The van der Waals surface area contributed by atoms with Gasteiger partial charge in [-0.1, -0.05) is 0 Å². The molecule has 0 aliphatic carbocycles. The van der Waals surface area contributed by atoms with E-state index < -0.39 is 0 Å². The summed E-state index contributed by atoms with van der Waals surface area (Å²) >= 11 is 0. The molecule has 0 amide bonds. The molecular formula is H4Fe2O4. The topological polar surface area (TPSA) is 120 Å². The van der Waals surface area contributed by atoms with E-state index in [9.17, 15) is 0 Å². The van der Waals surface area contributed by atoms with E-state index in [4.69, 9.17) is 0 Å². The van der Waals surface area contributed by atoms with Crippen molar-refractivity contribution in [3.63, 3.8) is 0 Å². The Hall–Kier alpha value is 0.879. The summed E-state index contributed by atoms with van der Waals surface area (Å²) in [6.07, 6.45) is 0. The molecule has 0 saturated heterocycles. The summed E-state index contributed by atoms with van der Waals surface area (Å²) < 4.78 is 0. The minimum Gasteiger partial charge on any atom is -2.00 e. The van der Waals surface area contributed by atoms with Gasteiger partial charge in [-0.05, 0) is 0 Å². The fourth-order valence-electron chi connectivity index (χ4n) is 0. The first-order chi connectivity index (χ1) is 0. The third-order valence-electron chi connectivity index (χ3n) is 0. The predicted molar refractivity (Wildman–Crippen MR) is 8.60 cm³/mol. The van der Waals surface area contributed by atoms with E-state index in [0.717, 1.165) is 0 Å². The van der Waals surface area contributed by atoms with Gasteiger partial charge in [-0.3, -0.25) is 0 Å². The van der Waals surface area contributed by atoms with Gasteiger partial charge in [0.1, 0.15) is 0 Å². The van der Waals surface area contributed by atoms with Crippen molar-refractivity contribution in [1.29, 1.82) is 0 Å². The number of hydrogen-bond acceptors (Lipinski definition) is 0. The smallest absolute Gasteiger partial charge is 2.00 e. The van der Waals surface area contributed by atoms with Crippen LogP contribution >= 0.6 is 0 Å². The third kappa shape index (κ3) is 95.0. The first-order valence-electron chi connectivity index (χ1n) is 0. The zero-order valence-electron chi connectivity index (χ0n) is 2.52. The van der Waals surface area contributed by atoms with E-state index in [1.54, 1.807) is 0 Å². The first kappa shape index (κ1) is 308. The molecule has 0 aliphatic heterocycles. The van der Waals surface area contributed by atoms with Gasteiger partial charge in [0.2, 0.25) is 0 Å². The normalized spacial score (nSPS) is 0. The third-order valence-corrected chi connectivity index (χ3v) is 0. The van der Waals surface area contributed by atoms with Crippen molar-refractivity contribution >= 4 is 0 Å². The van der Waals surface area contributed by atoms with Crippen molar-refractivity contribution in [1.82, 2.24) is 0 Å². The molecule has 44 valence electrons. The van der Waals surface area contributed by atoms with Gasteiger partial charge in [-0.25, -0.2) is 0 Å². The van der Waals surface area contributed by atoms with Crippen LogP contribution in [-0.4, -0.2) is 11.0 Å². The fraction of sp³-hybridized carbons (Fsp3) is 0. The van der Waals surface area contributed by atoms with Gasteiger partial charge in [-0.15, -0.1) is 0 Å². The second kappa shape index (κ2) is 181. The molecule has 4 nitrogen and oxygen atoms in total. The van der Waals surface area contributed by atoms with Crippen LogP contribution in [0.2, 0.25) is 0 Å². The van der Waals surface area contributed by atoms with E-state index in [1.165, 1.54) is 0 Å². The van der Waals surface area contributed by atoms with Gasteiger partial charge >= 0.3 is 34.1 Å². The molecule has 0 unspecified atom stereocenters. The Bertz CT molecular complexity index is 5.51. The Kier molecular flexibility index (Phi) is 9290. The Morgan fingerprint density at radius 3 is 0.500 bits per heavy atom. The van der Waals surface area contributed by atoms with E-state index in [1.807, 2.05) is 0 Å². The summed E-state index contributed by atoms with van der Waals surface area (Å²) in [4.78, 5) is 0. The maximum absolute atomic E-state index is 0. The van der Waals surface area contributed by atoms with Crippen LogP contribution in [0.5, 0.6) is 0 Å². The molecule has 6 heteroatoms. The van der Waals surface area contributed by atoms with E-state index in [2.05, 4.69) is 0 Å². The SMILES string of the molecule is O.O.[Fe+2].[Fe+2].[O-2].[O-2]. The van der Waals surface area contributed by atoms with Gasteiger partial charge in [0, 0.05) is 0 Å². The van der Waals surface area contributed by atoms with Crippen LogP contribution in [0.1, 0.15) is 0 Å². The van der Waals surface area contributed by atoms with Gasteiger partial charge in [0.25, 0.3) is 0 Å². The van der Waals surface area contributed by atoms with Crippen LogP contribution in [0.15, 0.2) is 0 Å². The van der Waals surface area contributed by atoms with E-state index >= 15 is 0 Å². The van der Waals surface area contributed by atoms with Crippen molar-refractivity contribution in [3.8, 4) is 0 Å². The Morgan fingerprint density at radius 2 is 0.500 bits per heavy atom. The zero-order chi connectivity index (χ0) is 0. The summed E-state index contributed by atoms with van der Waals surface area (Å²) in [6.45, 7) is 0. The molecule has 0 aliphatic rings. The van der Waals surface area contributed by atoms with E-state index in [-0.39, 0.29) is 56.0 Å². The average Bonchev–Trinajstić information content (AvgIpc) is 0. The quantitative estimate of drug-likeness (QED) is 0.386. The molecule has 0 radical (unpaired) electrons. The fourth-order valence-corrected chi connectivity index (χ4v) is 0. The minimum absolute atomic E-state index is 0. The summed E-state index contributed by atoms with van der Waals surface area (Å²) in [5.74, 6) is 0. The molecular weight excluding hydrogens is 176 g/mol. The van der Waals surface area contributed by atoms with Gasteiger partial charge in [-0.2, -0.15) is 0 Å². The monoisotopic (exact) mass is 180 g/mol. The largest absolute Gasteiger partial charge is 2.00 e. The average molecular weight is 180 g/mol. The van der Waals surface area contributed by atoms with Crippen LogP contribution in [-0.2, 0) is 45.1 Å². The molecule has 0 fully saturated rings. The maximum Gasteiger partial charge on any atom is 2.00 e. The summed E-state index contributed by atoms with van der Waals surface area (Å²) in [5.41, 5.74) is 0. The standard InChI is InChI=1S/2Fe.2H2O.2O/h;;2*1H2;;/q2*+2;;;2*-2. The molecule has 0 rings (SSSR count).